The Morgan fingerprint density at radius 2 is 1.64 bits per heavy atom. The molecule has 5 aliphatic rings. The summed E-state index contributed by atoms with van der Waals surface area (Å²) in [6.45, 7) is 0.678. The van der Waals surface area contributed by atoms with Crippen LogP contribution >= 0.6 is 0 Å². The summed E-state index contributed by atoms with van der Waals surface area (Å²) in [5.41, 5.74) is 0.158. The van der Waals surface area contributed by atoms with Gasteiger partial charge in [-0.3, -0.25) is 14.4 Å². The number of carbonyl (C=O) groups is 3. The summed E-state index contributed by atoms with van der Waals surface area (Å²) in [5, 5.41) is 5.39. The first kappa shape index (κ1) is 19.7. The monoisotopic (exact) mass is 392 g/mol. The maximum absolute atomic E-state index is 12.4. The van der Waals surface area contributed by atoms with Gasteiger partial charge in [-0.25, -0.2) is 0 Å². The van der Waals surface area contributed by atoms with E-state index in [1.807, 2.05) is 0 Å². The highest BCUT2D eigenvalue weighted by molar-refractivity contribution is 5.84. The zero-order chi connectivity index (χ0) is 19.6. The lowest BCUT2D eigenvalue weighted by molar-refractivity contribution is -0.149. The van der Waals surface area contributed by atoms with Crippen LogP contribution in [0, 0.1) is 23.2 Å². The molecule has 7 heteroatoms. The molecule has 1 atom stereocenters. The van der Waals surface area contributed by atoms with Crippen LogP contribution in [0.25, 0.3) is 0 Å². The highest BCUT2D eigenvalue weighted by Gasteiger charge is 2.51. The Labute approximate surface area is 166 Å². The number of esters is 1. The zero-order valence-corrected chi connectivity index (χ0v) is 16.5. The highest BCUT2D eigenvalue weighted by Crippen LogP contribution is 2.61. The van der Waals surface area contributed by atoms with E-state index >= 15 is 0 Å². The molecule has 0 aromatic carbocycles. The van der Waals surface area contributed by atoms with Crippen LogP contribution in [0.5, 0.6) is 0 Å². The van der Waals surface area contributed by atoms with Crippen LogP contribution in [0.3, 0.4) is 0 Å². The van der Waals surface area contributed by atoms with Gasteiger partial charge in [0, 0.05) is 19.6 Å². The minimum Gasteiger partial charge on any atom is -0.454 e. The largest absolute Gasteiger partial charge is 0.454 e. The zero-order valence-electron chi connectivity index (χ0n) is 16.5. The summed E-state index contributed by atoms with van der Waals surface area (Å²) in [5.74, 6) is 1.42. The number of amides is 2. The predicted molar refractivity (Wildman–Crippen MR) is 101 cm³/mol. The first-order valence-electron chi connectivity index (χ1n) is 10.8. The van der Waals surface area contributed by atoms with Gasteiger partial charge in [-0.1, -0.05) is 0 Å². The van der Waals surface area contributed by atoms with Crippen molar-refractivity contribution >= 4 is 17.8 Å². The van der Waals surface area contributed by atoms with Gasteiger partial charge < -0.3 is 20.1 Å². The van der Waals surface area contributed by atoms with Gasteiger partial charge in [-0.05, 0) is 74.5 Å². The molecule has 0 aromatic heterocycles. The third kappa shape index (κ3) is 4.85. The van der Waals surface area contributed by atoms with Gasteiger partial charge >= 0.3 is 5.97 Å². The van der Waals surface area contributed by atoms with E-state index in [0.717, 1.165) is 37.2 Å². The summed E-state index contributed by atoms with van der Waals surface area (Å²) >= 11 is 0. The topological polar surface area (TPSA) is 93.7 Å². The Kier molecular flexibility index (Phi) is 5.90. The first-order valence-corrected chi connectivity index (χ1v) is 10.8. The fraction of sp³-hybridized carbons (Fsp3) is 0.857. The Balaban J connectivity index is 1.12. The number of hydrogen-bond donors (Lipinski definition) is 2. The second-order valence-electron chi connectivity index (χ2n) is 9.47. The van der Waals surface area contributed by atoms with Gasteiger partial charge in [0.05, 0.1) is 6.10 Å². The predicted octanol–water partition coefficient (Wildman–Crippen LogP) is 1.55. The van der Waals surface area contributed by atoms with Gasteiger partial charge in [0.1, 0.15) is 6.54 Å². The van der Waals surface area contributed by atoms with Gasteiger partial charge in [-0.2, -0.15) is 0 Å². The van der Waals surface area contributed by atoms with E-state index in [-0.39, 0.29) is 36.5 Å². The molecule has 2 amide bonds. The summed E-state index contributed by atoms with van der Waals surface area (Å²) in [6.07, 6.45) is 10.1. The molecule has 0 aromatic rings. The first-order chi connectivity index (χ1) is 13.5. The molecule has 5 rings (SSSR count). The maximum Gasteiger partial charge on any atom is 0.325 e. The van der Waals surface area contributed by atoms with E-state index in [1.54, 1.807) is 0 Å². The van der Waals surface area contributed by atoms with Crippen molar-refractivity contribution in [3.05, 3.63) is 0 Å². The second-order valence-corrected chi connectivity index (χ2v) is 9.47. The minimum atomic E-state index is -0.578. The van der Waals surface area contributed by atoms with Crippen molar-refractivity contribution in [3.63, 3.8) is 0 Å². The Morgan fingerprint density at radius 3 is 2.25 bits per heavy atom. The molecule has 5 fully saturated rings. The summed E-state index contributed by atoms with van der Waals surface area (Å²) < 4.78 is 10.4. The van der Waals surface area contributed by atoms with Crippen molar-refractivity contribution in [2.24, 2.45) is 23.2 Å². The van der Waals surface area contributed by atoms with Crippen molar-refractivity contribution in [3.8, 4) is 0 Å². The fourth-order valence-corrected chi connectivity index (χ4v) is 6.36. The minimum absolute atomic E-state index is 0.0588. The standard InChI is InChI=1S/C21H32N2O5/c24-18(10-21-7-14-4-15(8-21)6-16(5-14)9-21)23-12-20(26)28-13-19(25)22-11-17-2-1-3-27-17/h14-17H,1-13H2,(H,22,25)(H,23,24)/t14?,15?,16?,17-,21?/m0/s1. The maximum atomic E-state index is 12.4. The van der Waals surface area contributed by atoms with Crippen molar-refractivity contribution in [2.45, 2.75) is 63.9 Å². The molecule has 4 saturated carbocycles. The second kappa shape index (κ2) is 8.39. The smallest absolute Gasteiger partial charge is 0.325 e. The molecule has 1 saturated heterocycles. The molecule has 2 N–H and O–H groups in total. The number of nitrogens with one attached hydrogen (secondary N) is 2. The van der Waals surface area contributed by atoms with Crippen LogP contribution < -0.4 is 10.6 Å². The number of carbonyl (C=O) groups excluding carboxylic acids is 3. The lowest BCUT2D eigenvalue weighted by atomic mass is 9.49. The molecule has 1 heterocycles. The normalized spacial score (nSPS) is 35.6. The molecule has 156 valence electrons. The van der Waals surface area contributed by atoms with E-state index < -0.39 is 5.97 Å². The molecule has 4 aliphatic carbocycles. The molecule has 1 aliphatic heterocycles. The summed E-state index contributed by atoms with van der Waals surface area (Å²) in [4.78, 5) is 36.0. The van der Waals surface area contributed by atoms with E-state index in [9.17, 15) is 14.4 Å². The number of hydrogen-bond acceptors (Lipinski definition) is 5. The van der Waals surface area contributed by atoms with Crippen LogP contribution in [-0.2, 0) is 23.9 Å². The Morgan fingerprint density at radius 1 is 0.964 bits per heavy atom. The summed E-state index contributed by atoms with van der Waals surface area (Å²) in [6, 6.07) is 0. The van der Waals surface area contributed by atoms with Gasteiger partial charge in [0.2, 0.25) is 5.91 Å². The van der Waals surface area contributed by atoms with Gasteiger partial charge in [-0.15, -0.1) is 0 Å². The SMILES string of the molecule is O=C(COC(=O)CNC(=O)CC12CC3CC(CC(C3)C1)C2)NC[C@@H]1CCCO1. The van der Waals surface area contributed by atoms with E-state index in [2.05, 4.69) is 10.6 Å². The van der Waals surface area contributed by atoms with Crippen LogP contribution in [0.4, 0.5) is 0 Å². The average molecular weight is 392 g/mol. The molecule has 4 bridgehead atoms. The van der Waals surface area contributed by atoms with Gasteiger partial charge in [0.15, 0.2) is 6.61 Å². The van der Waals surface area contributed by atoms with Crippen LogP contribution in [0.1, 0.15) is 57.8 Å². The molecule has 0 radical (unpaired) electrons. The molecule has 7 nitrogen and oxygen atoms in total. The molecular formula is C21H32N2O5. The van der Waals surface area contributed by atoms with Crippen molar-refractivity contribution < 1.29 is 23.9 Å². The van der Waals surface area contributed by atoms with Crippen molar-refractivity contribution in [1.82, 2.24) is 10.6 Å². The third-order valence-electron chi connectivity index (χ3n) is 7.05. The fourth-order valence-electron chi connectivity index (χ4n) is 6.36. The number of rotatable bonds is 8. The average Bonchev–Trinajstić information content (AvgIpc) is 3.15. The lowest BCUT2D eigenvalue weighted by Crippen LogP contribution is -2.48. The quantitative estimate of drug-likeness (QED) is 0.611. The molecule has 0 unspecified atom stereocenters. The van der Waals surface area contributed by atoms with Crippen LogP contribution in [0.15, 0.2) is 0 Å². The Bertz CT molecular complexity index is 579. The molecular weight excluding hydrogens is 360 g/mol. The highest BCUT2D eigenvalue weighted by atomic mass is 16.5. The van der Waals surface area contributed by atoms with E-state index in [1.165, 1.54) is 38.5 Å². The number of ether oxygens (including phenoxy) is 2. The van der Waals surface area contributed by atoms with E-state index in [0.29, 0.717) is 13.0 Å². The van der Waals surface area contributed by atoms with Crippen LogP contribution in [0.2, 0.25) is 0 Å². The van der Waals surface area contributed by atoms with Crippen molar-refractivity contribution in [1.29, 1.82) is 0 Å². The van der Waals surface area contributed by atoms with Crippen LogP contribution in [-0.4, -0.2) is 50.2 Å². The lowest BCUT2D eigenvalue weighted by Gasteiger charge is -2.56. The van der Waals surface area contributed by atoms with E-state index in [4.69, 9.17) is 9.47 Å². The molecule has 28 heavy (non-hydrogen) atoms. The Hall–Kier alpha value is -1.63. The van der Waals surface area contributed by atoms with Gasteiger partial charge in [0.25, 0.3) is 5.91 Å². The van der Waals surface area contributed by atoms with Crippen molar-refractivity contribution in [2.75, 3.05) is 26.3 Å². The molecule has 0 spiro atoms. The summed E-state index contributed by atoms with van der Waals surface area (Å²) in [7, 11) is 0. The third-order valence-corrected chi connectivity index (χ3v) is 7.05.